The lowest BCUT2D eigenvalue weighted by Gasteiger charge is -2.23. The third kappa shape index (κ3) is 5.00. The Kier molecular flexibility index (Phi) is 5.48. The SMILES string of the molecule is C[C@H](NC(=O)N[C@H](Cc1ccccc1)C(F)(F)F)c1cnn(C)c1. The van der Waals surface area contributed by atoms with E-state index in [0.717, 1.165) is 0 Å². The molecule has 0 saturated carbocycles. The predicted octanol–water partition coefficient (Wildman–Crippen LogP) is 2.95. The fraction of sp³-hybridized carbons (Fsp3) is 0.375. The maximum absolute atomic E-state index is 13.2. The molecule has 5 nitrogen and oxygen atoms in total. The Balaban J connectivity index is 1.99. The molecule has 2 N–H and O–H groups in total. The van der Waals surface area contributed by atoms with E-state index in [-0.39, 0.29) is 6.42 Å². The average molecular weight is 340 g/mol. The highest BCUT2D eigenvalue weighted by atomic mass is 19.4. The van der Waals surface area contributed by atoms with Crippen LogP contribution in [0.2, 0.25) is 0 Å². The number of hydrogen-bond donors (Lipinski definition) is 2. The van der Waals surface area contributed by atoms with Gasteiger partial charge in [0.1, 0.15) is 6.04 Å². The van der Waals surface area contributed by atoms with Gasteiger partial charge in [0.2, 0.25) is 0 Å². The Morgan fingerprint density at radius 2 is 1.92 bits per heavy atom. The van der Waals surface area contributed by atoms with Gasteiger partial charge in [-0.2, -0.15) is 18.3 Å². The molecular formula is C16H19F3N4O. The van der Waals surface area contributed by atoms with Crippen LogP contribution in [-0.4, -0.2) is 28.0 Å². The molecular weight excluding hydrogens is 321 g/mol. The molecule has 0 aliphatic carbocycles. The number of aryl methyl sites for hydroxylation is 1. The maximum atomic E-state index is 13.2. The van der Waals surface area contributed by atoms with Gasteiger partial charge in [-0.3, -0.25) is 4.68 Å². The summed E-state index contributed by atoms with van der Waals surface area (Å²) in [4.78, 5) is 11.9. The van der Waals surface area contributed by atoms with Crippen molar-refractivity contribution in [3.05, 3.63) is 53.9 Å². The number of alkyl halides is 3. The van der Waals surface area contributed by atoms with Crippen molar-refractivity contribution in [3.8, 4) is 0 Å². The first kappa shape index (κ1) is 17.8. The van der Waals surface area contributed by atoms with E-state index < -0.39 is 24.3 Å². The first-order valence-electron chi connectivity index (χ1n) is 7.42. The van der Waals surface area contributed by atoms with Crippen LogP contribution >= 0.6 is 0 Å². The molecule has 0 fully saturated rings. The molecule has 0 radical (unpaired) electrons. The van der Waals surface area contributed by atoms with Gasteiger partial charge in [0.05, 0.1) is 12.2 Å². The number of carbonyl (C=O) groups excluding carboxylic acids is 1. The zero-order chi connectivity index (χ0) is 17.7. The Bertz CT molecular complexity index is 669. The second-order valence-electron chi connectivity index (χ2n) is 5.57. The largest absolute Gasteiger partial charge is 0.408 e. The Labute approximate surface area is 137 Å². The van der Waals surface area contributed by atoms with Crippen molar-refractivity contribution in [2.24, 2.45) is 7.05 Å². The van der Waals surface area contributed by atoms with Crippen molar-refractivity contribution < 1.29 is 18.0 Å². The average Bonchev–Trinajstić information content (AvgIpc) is 2.93. The smallest absolute Gasteiger partial charge is 0.332 e. The summed E-state index contributed by atoms with van der Waals surface area (Å²) in [5.41, 5.74) is 1.21. The summed E-state index contributed by atoms with van der Waals surface area (Å²) in [6, 6.07) is 4.95. The molecule has 8 heteroatoms. The normalized spacial score (nSPS) is 14.0. The lowest BCUT2D eigenvalue weighted by atomic mass is 10.1. The molecule has 0 saturated heterocycles. The van der Waals surface area contributed by atoms with E-state index in [2.05, 4.69) is 10.4 Å². The fourth-order valence-corrected chi connectivity index (χ4v) is 2.24. The van der Waals surface area contributed by atoms with E-state index in [1.807, 2.05) is 5.32 Å². The highest BCUT2D eigenvalue weighted by molar-refractivity contribution is 5.74. The Hall–Kier alpha value is -2.51. The molecule has 1 heterocycles. The van der Waals surface area contributed by atoms with Crippen LogP contribution in [0.1, 0.15) is 24.1 Å². The number of benzene rings is 1. The van der Waals surface area contributed by atoms with Crippen LogP contribution < -0.4 is 10.6 Å². The summed E-state index contributed by atoms with van der Waals surface area (Å²) >= 11 is 0. The molecule has 0 spiro atoms. The second-order valence-corrected chi connectivity index (χ2v) is 5.57. The highest BCUT2D eigenvalue weighted by Crippen LogP contribution is 2.23. The number of rotatable bonds is 5. The van der Waals surface area contributed by atoms with Gasteiger partial charge in [-0.1, -0.05) is 30.3 Å². The summed E-state index contributed by atoms with van der Waals surface area (Å²) in [6.07, 6.45) is -1.62. The summed E-state index contributed by atoms with van der Waals surface area (Å²) in [6.45, 7) is 1.68. The minimum atomic E-state index is -4.54. The quantitative estimate of drug-likeness (QED) is 0.879. The number of hydrogen-bond acceptors (Lipinski definition) is 2. The van der Waals surface area contributed by atoms with Gasteiger partial charge in [0.15, 0.2) is 0 Å². The molecule has 2 rings (SSSR count). The molecule has 0 aliphatic heterocycles. The van der Waals surface area contributed by atoms with E-state index in [1.165, 1.54) is 0 Å². The van der Waals surface area contributed by atoms with Gasteiger partial charge in [0.25, 0.3) is 0 Å². The first-order valence-corrected chi connectivity index (χ1v) is 7.42. The van der Waals surface area contributed by atoms with Gasteiger partial charge in [0, 0.05) is 25.2 Å². The van der Waals surface area contributed by atoms with Crippen LogP contribution in [0.5, 0.6) is 0 Å². The molecule has 0 unspecified atom stereocenters. The van der Waals surface area contributed by atoms with Crippen molar-refractivity contribution in [1.29, 1.82) is 0 Å². The van der Waals surface area contributed by atoms with E-state index in [0.29, 0.717) is 11.1 Å². The monoisotopic (exact) mass is 340 g/mol. The molecule has 130 valence electrons. The number of carbonyl (C=O) groups is 1. The van der Waals surface area contributed by atoms with Crippen molar-refractivity contribution in [2.75, 3.05) is 0 Å². The van der Waals surface area contributed by atoms with Crippen LogP contribution in [0, 0.1) is 0 Å². The van der Waals surface area contributed by atoms with Gasteiger partial charge in [-0.05, 0) is 12.5 Å². The van der Waals surface area contributed by atoms with Gasteiger partial charge < -0.3 is 10.6 Å². The number of amides is 2. The standard InChI is InChI=1S/C16H19F3N4O/c1-11(13-9-20-23(2)10-13)21-15(24)22-14(16(17,18)19)8-12-6-4-3-5-7-12/h3-7,9-11,14H,8H2,1-2H3,(H2,21,22,24)/t11-,14+/m0/s1. The third-order valence-electron chi connectivity index (χ3n) is 3.56. The van der Waals surface area contributed by atoms with Crippen LogP contribution in [0.3, 0.4) is 0 Å². The van der Waals surface area contributed by atoms with Crippen molar-refractivity contribution in [1.82, 2.24) is 20.4 Å². The second kappa shape index (κ2) is 7.37. The number of nitrogens with one attached hydrogen (secondary N) is 2. The van der Waals surface area contributed by atoms with Crippen LogP contribution in [-0.2, 0) is 13.5 Å². The lowest BCUT2D eigenvalue weighted by molar-refractivity contribution is -0.152. The Morgan fingerprint density at radius 3 is 2.46 bits per heavy atom. The molecule has 24 heavy (non-hydrogen) atoms. The minimum absolute atomic E-state index is 0.320. The van der Waals surface area contributed by atoms with Crippen molar-refractivity contribution in [2.45, 2.75) is 31.6 Å². The van der Waals surface area contributed by atoms with E-state index >= 15 is 0 Å². The van der Waals surface area contributed by atoms with E-state index in [9.17, 15) is 18.0 Å². The zero-order valence-corrected chi connectivity index (χ0v) is 13.3. The third-order valence-corrected chi connectivity index (χ3v) is 3.56. The van der Waals surface area contributed by atoms with E-state index in [1.54, 1.807) is 61.4 Å². The van der Waals surface area contributed by atoms with Gasteiger partial charge >= 0.3 is 12.2 Å². The van der Waals surface area contributed by atoms with Crippen LogP contribution in [0.25, 0.3) is 0 Å². The summed E-state index contributed by atoms with van der Waals surface area (Å²) in [7, 11) is 1.72. The van der Waals surface area contributed by atoms with Crippen molar-refractivity contribution >= 4 is 6.03 Å². The molecule has 1 aromatic carbocycles. The topological polar surface area (TPSA) is 59.0 Å². The fourth-order valence-electron chi connectivity index (χ4n) is 2.24. The molecule has 0 aliphatic rings. The molecule has 2 aromatic rings. The summed E-state index contributed by atoms with van der Waals surface area (Å²) in [5, 5.41) is 8.47. The zero-order valence-electron chi connectivity index (χ0n) is 13.3. The van der Waals surface area contributed by atoms with Crippen molar-refractivity contribution in [3.63, 3.8) is 0 Å². The van der Waals surface area contributed by atoms with E-state index in [4.69, 9.17) is 0 Å². The molecule has 0 bridgehead atoms. The molecule has 2 amide bonds. The summed E-state index contributed by atoms with van der Waals surface area (Å²) < 4.78 is 41.1. The number of urea groups is 1. The Morgan fingerprint density at radius 1 is 1.25 bits per heavy atom. The predicted molar refractivity (Wildman–Crippen MR) is 83.3 cm³/mol. The number of aromatic nitrogens is 2. The maximum Gasteiger partial charge on any atom is 0.408 e. The molecule has 1 aromatic heterocycles. The minimum Gasteiger partial charge on any atom is -0.332 e. The lowest BCUT2D eigenvalue weighted by Crippen LogP contribution is -2.50. The first-order chi connectivity index (χ1) is 11.3. The summed E-state index contributed by atoms with van der Waals surface area (Å²) in [5.74, 6) is 0. The van der Waals surface area contributed by atoms with Gasteiger partial charge in [-0.25, -0.2) is 4.79 Å². The van der Waals surface area contributed by atoms with Crippen LogP contribution in [0.15, 0.2) is 42.7 Å². The van der Waals surface area contributed by atoms with Crippen LogP contribution in [0.4, 0.5) is 18.0 Å². The molecule has 2 atom stereocenters. The van der Waals surface area contributed by atoms with Gasteiger partial charge in [-0.15, -0.1) is 0 Å². The highest BCUT2D eigenvalue weighted by Gasteiger charge is 2.40. The number of halogens is 3. The number of nitrogens with zero attached hydrogens (tertiary/aromatic N) is 2.